The second-order valence-electron chi connectivity index (χ2n) is 10.5. The Morgan fingerprint density at radius 2 is 1.50 bits per heavy atom. The zero-order valence-electron chi connectivity index (χ0n) is 23.6. The van der Waals surface area contributed by atoms with E-state index >= 15 is 4.39 Å². The zero-order valence-corrected chi connectivity index (χ0v) is 23.6. The van der Waals surface area contributed by atoms with E-state index in [1.807, 2.05) is 35.4 Å². The lowest BCUT2D eigenvalue weighted by Gasteiger charge is -2.36. The summed E-state index contributed by atoms with van der Waals surface area (Å²) in [5, 5.41) is 0.524. The SMILES string of the molecule is O=C(Oc1c(F)ccc2c1c(-c1ccccc1)c(CN1CCN(c3cccc4[nH]ccc34)CC1)n2OC(=O)C(F)(F)F)C(F)(F)F. The zero-order chi connectivity index (χ0) is 32.8. The van der Waals surface area contributed by atoms with Gasteiger partial charge in [0.05, 0.1) is 16.6 Å². The third-order valence-corrected chi connectivity index (χ3v) is 7.64. The number of nitrogens with zero attached hydrogens (tertiary/aromatic N) is 3. The average Bonchev–Trinajstić information content (AvgIpc) is 3.61. The predicted molar refractivity (Wildman–Crippen MR) is 152 cm³/mol. The number of alkyl halides is 6. The molecule has 0 aliphatic carbocycles. The number of carbonyl (C=O) groups excluding carboxylic acids is 2. The summed E-state index contributed by atoms with van der Waals surface area (Å²) < 4.78 is 100. The van der Waals surface area contributed by atoms with Crippen LogP contribution in [0.3, 0.4) is 0 Å². The Labute approximate surface area is 255 Å². The lowest BCUT2D eigenvalue weighted by molar-refractivity contribution is -0.199. The summed E-state index contributed by atoms with van der Waals surface area (Å²) in [6.45, 7) is 1.59. The maximum absolute atomic E-state index is 15.1. The van der Waals surface area contributed by atoms with Gasteiger partial charge in [-0.3, -0.25) is 4.90 Å². The monoisotopic (exact) mass is 648 g/mol. The molecule has 0 radical (unpaired) electrons. The van der Waals surface area contributed by atoms with Gasteiger partial charge in [-0.15, -0.1) is 0 Å². The number of ether oxygens (including phenoxy) is 1. The molecule has 6 rings (SSSR count). The highest BCUT2D eigenvalue weighted by molar-refractivity contribution is 6.03. The number of anilines is 1. The van der Waals surface area contributed by atoms with Crippen LogP contribution in [-0.2, 0) is 16.1 Å². The van der Waals surface area contributed by atoms with Crippen molar-refractivity contribution in [3.05, 3.63) is 84.4 Å². The van der Waals surface area contributed by atoms with Crippen molar-refractivity contribution in [2.75, 3.05) is 31.1 Å². The van der Waals surface area contributed by atoms with Gasteiger partial charge < -0.3 is 19.5 Å². The number of rotatable bonds is 6. The predicted octanol–water partition coefficient (Wildman–Crippen LogP) is 6.24. The minimum atomic E-state index is -5.51. The number of carbonyl (C=O) groups is 2. The van der Waals surface area contributed by atoms with E-state index < -0.39 is 46.8 Å². The Bertz CT molecular complexity index is 1920. The van der Waals surface area contributed by atoms with Crippen molar-refractivity contribution in [2.24, 2.45) is 0 Å². The summed E-state index contributed by atoms with van der Waals surface area (Å²) in [6, 6.07) is 17.0. The number of hydrogen-bond acceptors (Lipinski definition) is 6. The Balaban J connectivity index is 1.45. The van der Waals surface area contributed by atoms with Crippen LogP contribution in [0.4, 0.5) is 36.4 Å². The number of esters is 1. The fraction of sp³-hybridized carbons (Fsp3) is 0.226. The summed E-state index contributed by atoms with van der Waals surface area (Å²) in [4.78, 5) is 35.9. The van der Waals surface area contributed by atoms with Crippen molar-refractivity contribution in [3.63, 3.8) is 0 Å². The number of H-pyrrole nitrogens is 1. The van der Waals surface area contributed by atoms with Crippen LogP contribution in [0, 0.1) is 5.82 Å². The minimum Gasteiger partial charge on any atom is -0.416 e. The van der Waals surface area contributed by atoms with Crippen LogP contribution in [0.2, 0.25) is 0 Å². The smallest absolute Gasteiger partial charge is 0.416 e. The van der Waals surface area contributed by atoms with Gasteiger partial charge in [-0.2, -0.15) is 31.1 Å². The largest absolute Gasteiger partial charge is 0.493 e. The van der Waals surface area contributed by atoms with E-state index in [1.54, 1.807) is 18.2 Å². The summed E-state index contributed by atoms with van der Waals surface area (Å²) in [5.41, 5.74) is 1.55. The highest BCUT2D eigenvalue weighted by atomic mass is 19.4. The molecule has 15 heteroatoms. The second-order valence-corrected chi connectivity index (χ2v) is 10.5. The molecule has 0 amide bonds. The molecule has 0 bridgehead atoms. The van der Waals surface area contributed by atoms with E-state index in [1.165, 1.54) is 12.1 Å². The van der Waals surface area contributed by atoms with Gasteiger partial charge in [0.15, 0.2) is 11.6 Å². The molecule has 1 N–H and O–H groups in total. The lowest BCUT2D eigenvalue weighted by atomic mass is 10.0. The van der Waals surface area contributed by atoms with E-state index in [4.69, 9.17) is 4.84 Å². The third kappa shape index (κ3) is 5.85. The van der Waals surface area contributed by atoms with Gasteiger partial charge in [0.1, 0.15) is 0 Å². The standard InChI is InChI=1S/C31H23F7N4O4/c32-20-9-10-23-26(27(20)45-28(43)30(33,34)35)25(18-5-2-1-3-6-18)24(42(23)46-29(44)31(36,37)38)17-40-13-15-41(16-14-40)22-8-4-7-21-19(22)11-12-39-21/h1-12,39H,13-17H2. The van der Waals surface area contributed by atoms with E-state index in [0.717, 1.165) is 22.7 Å². The molecule has 46 heavy (non-hydrogen) atoms. The first-order valence-electron chi connectivity index (χ1n) is 13.9. The van der Waals surface area contributed by atoms with Crippen LogP contribution in [-0.4, -0.2) is 65.1 Å². The lowest BCUT2D eigenvalue weighted by Crippen LogP contribution is -2.46. The number of benzene rings is 3. The second kappa shape index (κ2) is 11.7. The van der Waals surface area contributed by atoms with Crippen molar-refractivity contribution in [2.45, 2.75) is 18.9 Å². The maximum Gasteiger partial charge on any atom is 0.493 e. The minimum absolute atomic E-state index is 0.0745. The quantitative estimate of drug-likeness (QED) is 0.134. The molecular formula is C31H23F7N4O4. The van der Waals surface area contributed by atoms with E-state index in [2.05, 4.69) is 14.6 Å². The van der Waals surface area contributed by atoms with Crippen LogP contribution in [0.5, 0.6) is 5.75 Å². The fourth-order valence-corrected chi connectivity index (χ4v) is 5.60. The first kappa shape index (κ1) is 31.0. The van der Waals surface area contributed by atoms with Gasteiger partial charge in [0.25, 0.3) is 0 Å². The molecule has 3 aromatic carbocycles. The number of aromatic amines is 1. The van der Waals surface area contributed by atoms with Gasteiger partial charge in [0.2, 0.25) is 0 Å². The summed E-state index contributed by atoms with van der Waals surface area (Å²) in [7, 11) is 0. The maximum atomic E-state index is 15.1. The van der Waals surface area contributed by atoms with E-state index in [-0.39, 0.29) is 23.4 Å². The van der Waals surface area contributed by atoms with E-state index in [9.17, 15) is 35.9 Å². The number of aromatic nitrogens is 2. The van der Waals surface area contributed by atoms with Crippen molar-refractivity contribution in [1.29, 1.82) is 0 Å². The summed E-state index contributed by atoms with van der Waals surface area (Å²) in [6.07, 6.45) is -9.14. The molecule has 0 saturated carbocycles. The number of halogens is 7. The molecule has 1 aliphatic rings. The van der Waals surface area contributed by atoms with Crippen LogP contribution < -0.4 is 14.5 Å². The van der Waals surface area contributed by atoms with E-state index in [0.29, 0.717) is 37.0 Å². The molecule has 3 heterocycles. The van der Waals surface area contributed by atoms with Crippen molar-refractivity contribution in [1.82, 2.24) is 14.6 Å². The highest BCUT2D eigenvalue weighted by Gasteiger charge is 2.44. The van der Waals surface area contributed by atoms with Gasteiger partial charge in [-0.25, -0.2) is 14.0 Å². The summed E-state index contributed by atoms with van der Waals surface area (Å²) in [5.74, 6) is -7.92. The molecule has 0 spiro atoms. The summed E-state index contributed by atoms with van der Waals surface area (Å²) >= 11 is 0. The Morgan fingerprint density at radius 3 is 2.17 bits per heavy atom. The van der Waals surface area contributed by atoms with Gasteiger partial charge in [-0.1, -0.05) is 36.4 Å². The first-order valence-corrected chi connectivity index (χ1v) is 13.9. The Morgan fingerprint density at radius 1 is 0.804 bits per heavy atom. The molecule has 8 nitrogen and oxygen atoms in total. The Hall–Kier alpha value is -5.05. The molecule has 1 fully saturated rings. The molecule has 240 valence electrons. The van der Waals surface area contributed by atoms with Crippen molar-refractivity contribution < 1.29 is 49.9 Å². The van der Waals surface area contributed by atoms with Crippen LogP contribution in [0.1, 0.15) is 5.69 Å². The number of nitrogens with one attached hydrogen (secondary N) is 1. The number of hydrogen-bond donors (Lipinski definition) is 1. The topological polar surface area (TPSA) is 79.8 Å². The molecule has 5 aromatic rings. The average molecular weight is 649 g/mol. The van der Waals surface area contributed by atoms with Crippen molar-refractivity contribution in [3.8, 4) is 16.9 Å². The first-order chi connectivity index (χ1) is 21.8. The molecule has 1 saturated heterocycles. The van der Waals surface area contributed by atoms with Crippen LogP contribution >= 0.6 is 0 Å². The van der Waals surface area contributed by atoms with Gasteiger partial charge in [0, 0.05) is 61.1 Å². The third-order valence-electron chi connectivity index (χ3n) is 7.64. The number of piperazine rings is 1. The van der Waals surface area contributed by atoms with Gasteiger partial charge >= 0.3 is 24.3 Å². The molecular weight excluding hydrogens is 625 g/mol. The highest BCUT2D eigenvalue weighted by Crippen LogP contribution is 2.43. The van der Waals surface area contributed by atoms with Crippen molar-refractivity contribution >= 4 is 39.4 Å². The Kier molecular flexibility index (Phi) is 7.88. The van der Waals surface area contributed by atoms with Crippen LogP contribution in [0.15, 0.2) is 72.9 Å². The number of fused-ring (bicyclic) bond motifs is 2. The van der Waals surface area contributed by atoms with Crippen LogP contribution in [0.25, 0.3) is 32.9 Å². The fourth-order valence-electron chi connectivity index (χ4n) is 5.60. The molecule has 0 unspecified atom stereocenters. The molecule has 2 aromatic heterocycles. The molecule has 0 atom stereocenters. The normalized spacial score (nSPS) is 14.6. The van der Waals surface area contributed by atoms with Gasteiger partial charge in [-0.05, 0) is 35.9 Å². The molecule has 1 aliphatic heterocycles.